The van der Waals surface area contributed by atoms with Crippen molar-refractivity contribution in [1.82, 2.24) is 5.32 Å². The quantitative estimate of drug-likeness (QED) is 0.361. The molecule has 1 rings (SSSR count). The number of piperidine rings is 1. The number of nitriles is 1. The summed E-state index contributed by atoms with van der Waals surface area (Å²) < 4.78 is 0. The summed E-state index contributed by atoms with van der Waals surface area (Å²) in [6.45, 7) is 3.34. The predicted molar refractivity (Wildman–Crippen MR) is 55.5 cm³/mol. The zero-order chi connectivity index (χ0) is 10.9. The van der Waals surface area contributed by atoms with E-state index >= 15 is 0 Å². The van der Waals surface area contributed by atoms with Gasteiger partial charge in [0.2, 0.25) is 5.91 Å². The predicted octanol–water partition coefficient (Wildman–Crippen LogP) is 0.775. The Morgan fingerprint density at radius 1 is 1.64 bits per heavy atom. The first-order valence-electron chi connectivity index (χ1n) is 3.97. The van der Waals surface area contributed by atoms with Crippen molar-refractivity contribution < 1.29 is 4.79 Å². The highest BCUT2D eigenvalue weighted by molar-refractivity contribution is 7.80. The smallest absolute Gasteiger partial charge is 0.243 e. The van der Waals surface area contributed by atoms with E-state index in [-0.39, 0.29) is 4.99 Å². The molecule has 0 aromatic heterocycles. The van der Waals surface area contributed by atoms with Gasteiger partial charge in [0.25, 0.3) is 0 Å². The van der Waals surface area contributed by atoms with Gasteiger partial charge in [0, 0.05) is 11.0 Å². The van der Waals surface area contributed by atoms with Gasteiger partial charge >= 0.3 is 0 Å². The second-order valence-electron chi connectivity index (χ2n) is 3.59. The molecule has 1 unspecified atom stereocenters. The molecular formula is C9H8N3OS-. The molecule has 1 saturated heterocycles. The van der Waals surface area contributed by atoms with E-state index in [2.05, 4.69) is 5.32 Å². The van der Waals surface area contributed by atoms with Crippen LogP contribution in [0.2, 0.25) is 0 Å². The molecule has 0 bridgehead atoms. The van der Waals surface area contributed by atoms with Gasteiger partial charge < -0.3 is 10.7 Å². The van der Waals surface area contributed by atoms with Crippen LogP contribution in [0.4, 0.5) is 0 Å². The van der Waals surface area contributed by atoms with Crippen LogP contribution < -0.4 is 5.32 Å². The van der Waals surface area contributed by atoms with E-state index in [9.17, 15) is 4.79 Å². The molecule has 0 aliphatic carbocycles. The number of nitrogens with one attached hydrogen (secondary N) is 1. The molecule has 1 atom stereocenters. The SMILES string of the molecule is CC1(C)C(=C=[N-])C(=S)NC(=O)C1C#N. The Balaban J connectivity index is 3.30. The van der Waals surface area contributed by atoms with Crippen LogP contribution in [0.1, 0.15) is 13.8 Å². The standard InChI is InChI=1S/C9H8N3OS/c1-9(2)5(3-10)7(13)12-8(14)6(9)4-11/h5H,1-2H3,(H,12,13,14)/q-1. The fraction of sp³-hybridized carbons (Fsp3) is 0.444. The zero-order valence-corrected chi connectivity index (χ0v) is 8.60. The largest absolute Gasteiger partial charge is 0.763 e. The van der Waals surface area contributed by atoms with E-state index in [1.165, 1.54) is 0 Å². The second kappa shape index (κ2) is 3.33. The van der Waals surface area contributed by atoms with Gasteiger partial charge in [-0.1, -0.05) is 26.1 Å². The summed E-state index contributed by atoms with van der Waals surface area (Å²) >= 11 is 4.85. The van der Waals surface area contributed by atoms with Crippen LogP contribution >= 0.6 is 12.2 Å². The van der Waals surface area contributed by atoms with Crippen molar-refractivity contribution in [2.24, 2.45) is 11.3 Å². The molecule has 5 heteroatoms. The third kappa shape index (κ3) is 1.35. The zero-order valence-electron chi connectivity index (χ0n) is 7.79. The highest BCUT2D eigenvalue weighted by Gasteiger charge is 2.44. The topological polar surface area (TPSA) is 75.2 Å². The van der Waals surface area contributed by atoms with Crippen LogP contribution in [-0.2, 0) is 4.79 Å². The fourth-order valence-electron chi connectivity index (χ4n) is 1.43. The maximum absolute atomic E-state index is 11.4. The minimum absolute atomic E-state index is 0.133. The lowest BCUT2D eigenvalue weighted by Crippen LogP contribution is -2.50. The average Bonchev–Trinajstić information content (AvgIpc) is 2.02. The van der Waals surface area contributed by atoms with Gasteiger partial charge in [0.15, 0.2) is 0 Å². The molecule has 0 spiro atoms. The number of hydrogen-bond donors (Lipinski definition) is 1. The Morgan fingerprint density at radius 2 is 2.21 bits per heavy atom. The lowest BCUT2D eigenvalue weighted by atomic mass is 9.71. The summed E-state index contributed by atoms with van der Waals surface area (Å²) in [6.07, 6.45) is 0. The van der Waals surface area contributed by atoms with E-state index in [1.54, 1.807) is 13.8 Å². The van der Waals surface area contributed by atoms with E-state index in [1.807, 2.05) is 11.9 Å². The molecule has 72 valence electrons. The van der Waals surface area contributed by atoms with Crippen molar-refractivity contribution in [1.29, 1.82) is 5.26 Å². The van der Waals surface area contributed by atoms with Crippen molar-refractivity contribution in [3.63, 3.8) is 0 Å². The molecule has 0 radical (unpaired) electrons. The summed E-state index contributed by atoms with van der Waals surface area (Å²) in [5.74, 6) is 0.652. The van der Waals surface area contributed by atoms with Crippen LogP contribution in [0.5, 0.6) is 0 Å². The number of rotatable bonds is 0. The van der Waals surface area contributed by atoms with Gasteiger partial charge in [-0.3, -0.25) is 10.7 Å². The number of nitrogens with zero attached hydrogens (tertiary/aromatic N) is 2. The third-order valence-electron chi connectivity index (χ3n) is 2.33. The monoisotopic (exact) mass is 206 g/mol. The average molecular weight is 206 g/mol. The van der Waals surface area contributed by atoms with Crippen molar-refractivity contribution in [3.8, 4) is 6.07 Å². The first-order valence-corrected chi connectivity index (χ1v) is 4.38. The third-order valence-corrected chi connectivity index (χ3v) is 2.64. The number of carbonyl (C=O) groups is 1. The molecule has 4 nitrogen and oxygen atoms in total. The van der Waals surface area contributed by atoms with Crippen LogP contribution in [0.15, 0.2) is 5.57 Å². The lowest BCUT2D eigenvalue weighted by molar-refractivity contribution is -0.124. The summed E-state index contributed by atoms with van der Waals surface area (Å²) in [4.78, 5) is 11.5. The highest BCUT2D eigenvalue weighted by atomic mass is 32.1. The van der Waals surface area contributed by atoms with Crippen molar-refractivity contribution in [3.05, 3.63) is 11.0 Å². The summed E-state index contributed by atoms with van der Waals surface area (Å²) in [6, 6.07) is 1.89. The first-order chi connectivity index (χ1) is 6.45. The second-order valence-corrected chi connectivity index (χ2v) is 4.00. The Kier molecular flexibility index (Phi) is 2.52. The van der Waals surface area contributed by atoms with Gasteiger partial charge in [-0.15, -0.1) is 0 Å². The first kappa shape index (κ1) is 10.6. The summed E-state index contributed by atoms with van der Waals surface area (Å²) in [7, 11) is 0. The molecular weight excluding hydrogens is 198 g/mol. The normalized spacial score (nSPS) is 24.9. The minimum atomic E-state index is -0.858. The number of amides is 1. The highest BCUT2D eigenvalue weighted by Crippen LogP contribution is 2.36. The van der Waals surface area contributed by atoms with Crippen molar-refractivity contribution >= 4 is 29.0 Å². The Morgan fingerprint density at radius 3 is 2.64 bits per heavy atom. The van der Waals surface area contributed by atoms with Gasteiger partial charge in [-0.25, -0.2) is 0 Å². The molecule has 1 amide bonds. The number of carbonyl (C=O) groups excluding carboxylic acids is 1. The fourth-order valence-corrected chi connectivity index (χ4v) is 1.84. The molecule has 0 aromatic carbocycles. The maximum Gasteiger partial charge on any atom is 0.243 e. The van der Waals surface area contributed by atoms with Crippen LogP contribution in [-0.4, -0.2) is 16.8 Å². The molecule has 14 heavy (non-hydrogen) atoms. The van der Waals surface area contributed by atoms with Crippen molar-refractivity contribution in [2.75, 3.05) is 0 Å². The number of hydrogen-bond acceptors (Lipinski definition) is 3. The van der Waals surface area contributed by atoms with Crippen molar-refractivity contribution in [2.45, 2.75) is 13.8 Å². The van der Waals surface area contributed by atoms with Crippen LogP contribution in [0, 0.1) is 22.7 Å². The van der Waals surface area contributed by atoms with Crippen LogP contribution in [0.3, 0.4) is 0 Å². The van der Waals surface area contributed by atoms with E-state index < -0.39 is 17.2 Å². The van der Waals surface area contributed by atoms with Gasteiger partial charge in [-0.05, 0) is 0 Å². The maximum atomic E-state index is 11.4. The molecule has 0 aromatic rings. The summed E-state index contributed by atoms with van der Waals surface area (Å²) in [5, 5.41) is 20.0. The molecule has 1 N–H and O–H groups in total. The molecule has 1 fully saturated rings. The van der Waals surface area contributed by atoms with E-state index in [0.29, 0.717) is 5.57 Å². The molecule has 1 aliphatic heterocycles. The van der Waals surface area contributed by atoms with Gasteiger partial charge in [0.05, 0.1) is 6.07 Å². The Bertz CT molecular complexity index is 399. The molecule has 0 saturated carbocycles. The molecule has 1 heterocycles. The van der Waals surface area contributed by atoms with E-state index in [0.717, 1.165) is 0 Å². The Hall–Kier alpha value is -1.50. The minimum Gasteiger partial charge on any atom is -0.763 e. The van der Waals surface area contributed by atoms with E-state index in [4.69, 9.17) is 22.9 Å². The Labute approximate surface area is 87.1 Å². The number of thiocarbonyl (C=S) groups is 1. The van der Waals surface area contributed by atoms with Crippen LogP contribution in [0.25, 0.3) is 5.41 Å². The van der Waals surface area contributed by atoms with Gasteiger partial charge in [0.1, 0.15) is 10.9 Å². The lowest BCUT2D eigenvalue weighted by Gasteiger charge is -2.36. The summed E-state index contributed by atoms with van der Waals surface area (Å²) in [5.41, 5.74) is -0.512. The molecule has 1 aliphatic rings. The van der Waals surface area contributed by atoms with Gasteiger partial charge in [-0.2, -0.15) is 5.26 Å².